The van der Waals surface area contributed by atoms with Gasteiger partial charge in [0.2, 0.25) is 0 Å². The second kappa shape index (κ2) is 8.79. The van der Waals surface area contributed by atoms with Crippen LogP contribution in [0.3, 0.4) is 0 Å². The summed E-state index contributed by atoms with van der Waals surface area (Å²) in [6.07, 6.45) is 4.86. The maximum absolute atomic E-state index is 12.9. The van der Waals surface area contributed by atoms with Gasteiger partial charge in [-0.2, -0.15) is 0 Å². The second-order valence-electron chi connectivity index (χ2n) is 7.72. The summed E-state index contributed by atoms with van der Waals surface area (Å²) in [6.45, 7) is 1.86. The lowest BCUT2D eigenvalue weighted by Gasteiger charge is -2.36. The molecule has 6 heteroatoms. The molecule has 1 fully saturated rings. The summed E-state index contributed by atoms with van der Waals surface area (Å²) in [7, 11) is 0. The van der Waals surface area contributed by atoms with Gasteiger partial charge in [0.1, 0.15) is 9.88 Å². The van der Waals surface area contributed by atoms with Crippen molar-refractivity contribution in [2.24, 2.45) is 0 Å². The van der Waals surface area contributed by atoms with Gasteiger partial charge >= 0.3 is 0 Å². The molecule has 0 aliphatic heterocycles. The van der Waals surface area contributed by atoms with Gasteiger partial charge in [-0.05, 0) is 44.0 Å². The van der Waals surface area contributed by atoms with Crippen molar-refractivity contribution in [2.45, 2.75) is 44.6 Å². The highest BCUT2D eigenvalue weighted by molar-refractivity contribution is 7.14. The van der Waals surface area contributed by atoms with Crippen LogP contribution in [0.4, 0.5) is 5.69 Å². The minimum Gasteiger partial charge on any atom is -0.340 e. The lowest BCUT2D eigenvalue weighted by Crippen LogP contribution is -2.47. The van der Waals surface area contributed by atoms with E-state index in [2.05, 4.69) is 10.6 Å². The number of aromatic nitrogens is 1. The van der Waals surface area contributed by atoms with E-state index in [0.29, 0.717) is 16.1 Å². The highest BCUT2D eigenvalue weighted by Crippen LogP contribution is 2.40. The molecule has 1 heterocycles. The molecule has 154 valence electrons. The van der Waals surface area contributed by atoms with Gasteiger partial charge in [0.05, 0.1) is 11.2 Å². The third-order valence-corrected chi connectivity index (χ3v) is 6.90. The van der Waals surface area contributed by atoms with Crippen LogP contribution >= 0.6 is 11.3 Å². The van der Waals surface area contributed by atoms with Gasteiger partial charge in [-0.15, -0.1) is 11.3 Å². The van der Waals surface area contributed by atoms with Crippen molar-refractivity contribution in [3.05, 3.63) is 81.8 Å². The Kier molecular flexibility index (Phi) is 5.95. The Hall–Kier alpha value is -2.99. The number of aryl methyl sites for hydroxylation is 1. The largest absolute Gasteiger partial charge is 0.340 e. The summed E-state index contributed by atoms with van der Waals surface area (Å²) >= 11 is 1.39. The number of hydrogen-bond donors (Lipinski definition) is 2. The van der Waals surface area contributed by atoms with E-state index in [-0.39, 0.29) is 11.8 Å². The zero-order valence-corrected chi connectivity index (χ0v) is 17.8. The topological polar surface area (TPSA) is 71.1 Å². The molecular weight excluding hydrogens is 394 g/mol. The maximum Gasteiger partial charge on any atom is 0.267 e. The standard InChI is InChI=1S/C24H25N3O2S/c1-17-20(22(29)26-19-13-7-3-8-14-19)30-23(25-17)24(15-9-4-10-16-24)27-21(28)18-11-5-2-6-12-18/h2-3,5-8,11-14H,4,9-10,15-16H2,1H3,(H,26,29)(H,27,28). The van der Waals surface area contributed by atoms with Crippen molar-refractivity contribution in [3.63, 3.8) is 0 Å². The van der Waals surface area contributed by atoms with Gasteiger partial charge < -0.3 is 10.6 Å². The van der Waals surface area contributed by atoms with Crippen LogP contribution in [0.2, 0.25) is 0 Å². The van der Waals surface area contributed by atoms with Gasteiger partial charge in [0.25, 0.3) is 11.8 Å². The van der Waals surface area contributed by atoms with Gasteiger partial charge in [0.15, 0.2) is 0 Å². The zero-order valence-electron chi connectivity index (χ0n) is 17.0. The number of thiazole rings is 1. The van der Waals surface area contributed by atoms with Crippen LogP contribution in [0.1, 0.15) is 62.8 Å². The summed E-state index contributed by atoms with van der Waals surface area (Å²) in [5.74, 6) is -0.261. The number of hydrogen-bond acceptors (Lipinski definition) is 4. The van der Waals surface area contributed by atoms with Crippen molar-refractivity contribution in [1.29, 1.82) is 0 Å². The van der Waals surface area contributed by atoms with Crippen LogP contribution in [0, 0.1) is 6.92 Å². The number of para-hydroxylation sites is 1. The second-order valence-corrected chi connectivity index (χ2v) is 8.72. The quantitative estimate of drug-likeness (QED) is 0.590. The van der Waals surface area contributed by atoms with Gasteiger partial charge in [-0.3, -0.25) is 9.59 Å². The van der Waals surface area contributed by atoms with Gasteiger partial charge in [-0.1, -0.05) is 55.7 Å². The number of benzene rings is 2. The van der Waals surface area contributed by atoms with E-state index < -0.39 is 5.54 Å². The normalized spacial score (nSPS) is 15.4. The number of carbonyl (C=O) groups is 2. The fourth-order valence-electron chi connectivity index (χ4n) is 3.95. The number of carbonyl (C=O) groups excluding carboxylic acids is 2. The van der Waals surface area contributed by atoms with E-state index in [9.17, 15) is 9.59 Å². The van der Waals surface area contributed by atoms with Crippen LogP contribution < -0.4 is 10.6 Å². The van der Waals surface area contributed by atoms with Crippen molar-refractivity contribution in [3.8, 4) is 0 Å². The molecule has 4 rings (SSSR count). The van der Waals surface area contributed by atoms with E-state index in [0.717, 1.165) is 42.8 Å². The molecular formula is C24H25N3O2S. The Bertz CT molecular complexity index is 1030. The van der Waals surface area contributed by atoms with Crippen LogP contribution in [0.5, 0.6) is 0 Å². The molecule has 1 aliphatic rings. The third kappa shape index (κ3) is 4.28. The predicted octanol–water partition coefficient (Wildman–Crippen LogP) is 5.29. The molecule has 2 N–H and O–H groups in total. The lowest BCUT2D eigenvalue weighted by atomic mass is 9.82. The minimum absolute atomic E-state index is 0.0966. The van der Waals surface area contributed by atoms with E-state index in [1.54, 1.807) is 0 Å². The SMILES string of the molecule is Cc1nc(C2(NC(=O)c3ccccc3)CCCCC2)sc1C(=O)Nc1ccccc1. The molecule has 0 saturated heterocycles. The Morgan fingerprint density at radius 2 is 1.53 bits per heavy atom. The van der Waals surface area contributed by atoms with Crippen molar-refractivity contribution >= 4 is 28.8 Å². The van der Waals surface area contributed by atoms with Crippen molar-refractivity contribution in [1.82, 2.24) is 10.3 Å². The molecule has 0 spiro atoms. The number of nitrogens with zero attached hydrogens (tertiary/aromatic N) is 1. The van der Waals surface area contributed by atoms with E-state index >= 15 is 0 Å². The molecule has 2 aromatic carbocycles. The molecule has 1 aromatic heterocycles. The van der Waals surface area contributed by atoms with Crippen LogP contribution in [-0.4, -0.2) is 16.8 Å². The average molecular weight is 420 g/mol. The number of amides is 2. The smallest absolute Gasteiger partial charge is 0.267 e. The van der Waals surface area contributed by atoms with Crippen molar-refractivity contribution < 1.29 is 9.59 Å². The summed E-state index contributed by atoms with van der Waals surface area (Å²) < 4.78 is 0. The fraction of sp³-hybridized carbons (Fsp3) is 0.292. The molecule has 0 atom stereocenters. The first-order valence-electron chi connectivity index (χ1n) is 10.3. The maximum atomic E-state index is 12.9. The first-order valence-corrected chi connectivity index (χ1v) is 11.1. The highest BCUT2D eigenvalue weighted by atomic mass is 32.1. The molecule has 2 amide bonds. The Morgan fingerprint density at radius 1 is 0.900 bits per heavy atom. The first kappa shape index (κ1) is 20.3. The first-order chi connectivity index (χ1) is 14.6. The molecule has 1 saturated carbocycles. The molecule has 0 unspecified atom stereocenters. The summed E-state index contributed by atoms with van der Waals surface area (Å²) in [5, 5.41) is 7.03. The average Bonchev–Trinajstić information content (AvgIpc) is 3.18. The molecule has 1 aliphatic carbocycles. The van der Waals surface area contributed by atoms with Crippen LogP contribution in [-0.2, 0) is 5.54 Å². The van der Waals surface area contributed by atoms with E-state index in [1.807, 2.05) is 67.6 Å². The Labute approximate surface area is 180 Å². The minimum atomic E-state index is -0.522. The van der Waals surface area contributed by atoms with E-state index in [1.165, 1.54) is 11.3 Å². The zero-order chi connectivity index (χ0) is 21.0. The molecule has 0 radical (unpaired) electrons. The monoisotopic (exact) mass is 419 g/mol. The van der Waals surface area contributed by atoms with Gasteiger partial charge in [-0.25, -0.2) is 4.98 Å². The highest BCUT2D eigenvalue weighted by Gasteiger charge is 2.39. The lowest BCUT2D eigenvalue weighted by molar-refractivity contribution is 0.0865. The predicted molar refractivity (Wildman–Crippen MR) is 120 cm³/mol. The fourth-order valence-corrected chi connectivity index (χ4v) is 5.11. The number of rotatable bonds is 5. The van der Waals surface area contributed by atoms with E-state index in [4.69, 9.17) is 4.98 Å². The summed E-state index contributed by atoms with van der Waals surface area (Å²) in [5.41, 5.74) is 1.56. The van der Waals surface area contributed by atoms with Gasteiger partial charge in [0, 0.05) is 11.3 Å². The summed E-state index contributed by atoms with van der Waals surface area (Å²) in [6, 6.07) is 18.7. The molecule has 5 nitrogen and oxygen atoms in total. The molecule has 3 aromatic rings. The molecule has 0 bridgehead atoms. The van der Waals surface area contributed by atoms with Crippen LogP contribution in [0.25, 0.3) is 0 Å². The number of anilines is 1. The summed E-state index contributed by atoms with van der Waals surface area (Å²) in [4.78, 5) is 31.1. The Balaban J connectivity index is 1.61. The molecule has 30 heavy (non-hydrogen) atoms. The third-order valence-electron chi connectivity index (χ3n) is 5.54. The Morgan fingerprint density at radius 3 is 2.20 bits per heavy atom. The number of nitrogens with one attached hydrogen (secondary N) is 2. The van der Waals surface area contributed by atoms with Crippen LogP contribution in [0.15, 0.2) is 60.7 Å². The van der Waals surface area contributed by atoms with Crippen molar-refractivity contribution in [2.75, 3.05) is 5.32 Å².